The lowest BCUT2D eigenvalue weighted by Gasteiger charge is -2.10. The smallest absolute Gasteiger partial charge is 0.507 e. The average Bonchev–Trinajstić information content (AvgIpc) is 2.45. The average molecular weight is 305 g/mol. The van der Waals surface area contributed by atoms with Crippen LogP contribution in [0.5, 0.6) is 11.5 Å². The second-order valence-electron chi connectivity index (χ2n) is 5.41. The van der Waals surface area contributed by atoms with Gasteiger partial charge in [-0.2, -0.15) is 0 Å². The monoisotopic (exact) mass is 305 g/mol. The van der Waals surface area contributed by atoms with Gasteiger partial charge in [0.05, 0.1) is 23.4 Å². The van der Waals surface area contributed by atoms with Crippen molar-refractivity contribution in [3.8, 4) is 11.5 Å². The minimum absolute atomic E-state index is 0.0309. The predicted octanol–water partition coefficient (Wildman–Crippen LogP) is 3.05. The number of carbonyl (C=O) groups excluding carboxylic acids is 1. The number of rotatable bonds is 5. The van der Waals surface area contributed by atoms with Crippen molar-refractivity contribution >= 4 is 16.9 Å². The van der Waals surface area contributed by atoms with Gasteiger partial charge in [0.25, 0.3) is 5.58 Å². The van der Waals surface area contributed by atoms with Crippen LogP contribution in [0, 0.1) is 5.92 Å². The minimum Gasteiger partial charge on any atom is -0.507 e. The number of benzene rings is 1. The highest BCUT2D eigenvalue weighted by molar-refractivity contribution is 5.88. The maximum atomic E-state index is 11.8. The van der Waals surface area contributed by atoms with Gasteiger partial charge in [-0.1, -0.05) is 27.2 Å². The van der Waals surface area contributed by atoms with E-state index in [0.717, 1.165) is 12.0 Å². The van der Waals surface area contributed by atoms with Crippen LogP contribution in [0.25, 0.3) is 11.0 Å². The molecule has 1 atom stereocenters. The first-order chi connectivity index (χ1) is 10.5. The quantitative estimate of drug-likeness (QED) is 0.398. The van der Waals surface area contributed by atoms with Gasteiger partial charge in [-0.25, -0.2) is 0 Å². The first kappa shape index (κ1) is 16.1. The normalized spacial score (nSPS) is 12.3. The van der Waals surface area contributed by atoms with E-state index in [1.54, 1.807) is 6.92 Å². The van der Waals surface area contributed by atoms with Crippen molar-refractivity contribution in [2.24, 2.45) is 5.92 Å². The van der Waals surface area contributed by atoms with E-state index >= 15 is 0 Å². The lowest BCUT2D eigenvalue weighted by Crippen LogP contribution is -2.17. The number of hydrogen-bond donors (Lipinski definition) is 1. The molecule has 0 aliphatic rings. The van der Waals surface area contributed by atoms with Gasteiger partial charge < -0.3 is 14.6 Å². The number of phenols is 1. The number of aryl methyl sites for hydroxylation is 1. The summed E-state index contributed by atoms with van der Waals surface area (Å²) in [7, 11) is 0. The van der Waals surface area contributed by atoms with Gasteiger partial charge >= 0.3 is 11.6 Å². The van der Waals surface area contributed by atoms with Crippen molar-refractivity contribution in [2.45, 2.75) is 40.0 Å². The fourth-order valence-electron chi connectivity index (χ4n) is 2.25. The zero-order valence-corrected chi connectivity index (χ0v) is 13.0. The van der Waals surface area contributed by atoms with Gasteiger partial charge in [0, 0.05) is 6.07 Å². The molecular weight excluding hydrogens is 284 g/mol. The molecule has 2 aromatic rings. The lowest BCUT2D eigenvalue weighted by atomic mass is 10.0. The molecule has 1 heterocycles. The summed E-state index contributed by atoms with van der Waals surface area (Å²) >= 11 is 0. The summed E-state index contributed by atoms with van der Waals surface area (Å²) in [5, 5.41) is 10.8. The van der Waals surface area contributed by atoms with Crippen LogP contribution >= 0.6 is 0 Å². The van der Waals surface area contributed by atoms with Crippen molar-refractivity contribution < 1.29 is 23.8 Å². The van der Waals surface area contributed by atoms with Crippen LogP contribution in [-0.4, -0.2) is 15.9 Å². The Morgan fingerprint density at radius 3 is 2.73 bits per heavy atom. The molecule has 0 aliphatic carbocycles. The second kappa shape index (κ2) is 6.64. The van der Waals surface area contributed by atoms with Crippen molar-refractivity contribution in [1.82, 2.24) is 0 Å². The molecule has 2 N–H and O–H groups in total. The van der Waals surface area contributed by atoms with E-state index in [2.05, 4.69) is 0 Å². The van der Waals surface area contributed by atoms with Crippen LogP contribution in [-0.2, 0) is 11.2 Å². The zero-order valence-electron chi connectivity index (χ0n) is 13.0. The number of esters is 1. The molecule has 22 heavy (non-hydrogen) atoms. The molecule has 0 spiro atoms. The van der Waals surface area contributed by atoms with Crippen LogP contribution in [0.1, 0.15) is 39.2 Å². The van der Waals surface area contributed by atoms with E-state index in [0.29, 0.717) is 18.2 Å². The Labute approximate surface area is 128 Å². The van der Waals surface area contributed by atoms with Gasteiger partial charge in [0.15, 0.2) is 0 Å². The van der Waals surface area contributed by atoms with Gasteiger partial charge in [-0.05, 0) is 18.4 Å². The van der Waals surface area contributed by atoms with Crippen molar-refractivity contribution in [3.05, 3.63) is 29.4 Å². The molecule has 0 radical (unpaired) electrons. The molecule has 5 heteroatoms. The molecule has 1 unspecified atom stereocenters. The summed E-state index contributed by atoms with van der Waals surface area (Å²) in [5.41, 5.74) is 0.842. The number of phenolic OH excluding ortho intramolecular Hbond substituents is 1. The fraction of sp³-hybridized carbons (Fsp3) is 0.412. The number of aromatic hydroxyl groups is 1. The van der Waals surface area contributed by atoms with Crippen molar-refractivity contribution in [3.63, 3.8) is 0 Å². The summed E-state index contributed by atoms with van der Waals surface area (Å²) in [6, 6.07) is 4.40. The summed E-state index contributed by atoms with van der Waals surface area (Å²) in [4.78, 5) is 21.5. The van der Waals surface area contributed by atoms with Crippen LogP contribution in [0.4, 0.5) is 0 Å². The molecule has 1 aromatic heterocycles. The highest BCUT2D eigenvalue weighted by Gasteiger charge is 2.19. The third-order valence-corrected chi connectivity index (χ3v) is 3.64. The van der Waals surface area contributed by atoms with E-state index in [-0.39, 0.29) is 34.6 Å². The molecule has 0 saturated carbocycles. The van der Waals surface area contributed by atoms with E-state index in [9.17, 15) is 14.7 Å². The van der Waals surface area contributed by atoms with Gasteiger partial charge in [-0.15, -0.1) is 0 Å². The maximum absolute atomic E-state index is 11.8. The first-order valence-electron chi connectivity index (χ1n) is 7.49. The van der Waals surface area contributed by atoms with Crippen molar-refractivity contribution in [2.75, 3.05) is 0 Å². The number of carbonyl (C=O) groups is 1. The summed E-state index contributed by atoms with van der Waals surface area (Å²) in [6.07, 6.45) is 2.23. The topological polar surface area (TPSA) is 81.1 Å². The standard InChI is InChI=1S/C17H20O5/c1-4-6-11-7-15(19)22-14-9-12(8-13(18)16(11)14)21-17(20)10(3)5-2/h7-10,18H,4-6H2,1-3H3/p+1. The molecule has 0 fully saturated rings. The van der Waals surface area contributed by atoms with E-state index in [1.807, 2.05) is 13.8 Å². The molecule has 5 nitrogen and oxygen atoms in total. The second-order valence-corrected chi connectivity index (χ2v) is 5.41. The molecule has 0 saturated heterocycles. The maximum Gasteiger partial charge on any atom is 0.516 e. The zero-order chi connectivity index (χ0) is 16.3. The number of fused-ring (bicyclic) bond motifs is 1. The highest BCUT2D eigenvalue weighted by Crippen LogP contribution is 2.32. The summed E-state index contributed by atoms with van der Waals surface area (Å²) in [6.45, 7) is 5.68. The number of ether oxygens (including phenoxy) is 1. The Hall–Kier alpha value is -2.30. The largest absolute Gasteiger partial charge is 0.516 e. The van der Waals surface area contributed by atoms with Crippen LogP contribution in [0.3, 0.4) is 0 Å². The van der Waals surface area contributed by atoms with Gasteiger partial charge in [-0.3, -0.25) is 9.21 Å². The van der Waals surface area contributed by atoms with Crippen molar-refractivity contribution in [1.29, 1.82) is 0 Å². The Bertz CT molecular complexity index is 745. The van der Waals surface area contributed by atoms with E-state index in [1.165, 1.54) is 18.2 Å². The summed E-state index contributed by atoms with van der Waals surface area (Å²) in [5.74, 6) is -0.423. The molecule has 2 rings (SSSR count). The van der Waals surface area contributed by atoms with Gasteiger partial charge in [0.1, 0.15) is 11.5 Å². The van der Waals surface area contributed by atoms with Gasteiger partial charge in [0.2, 0.25) is 0 Å². The Balaban J connectivity index is 2.49. The Morgan fingerprint density at radius 2 is 2.09 bits per heavy atom. The highest BCUT2D eigenvalue weighted by atomic mass is 16.5. The molecule has 0 amide bonds. The van der Waals surface area contributed by atoms with E-state index < -0.39 is 0 Å². The van der Waals surface area contributed by atoms with E-state index in [4.69, 9.17) is 9.15 Å². The molecule has 1 aromatic carbocycles. The lowest BCUT2D eigenvalue weighted by molar-refractivity contribution is -0.138. The third-order valence-electron chi connectivity index (χ3n) is 3.64. The molecule has 0 bridgehead atoms. The van der Waals surface area contributed by atoms with Crippen LogP contribution < -0.4 is 10.4 Å². The Morgan fingerprint density at radius 1 is 1.36 bits per heavy atom. The number of hydrogen-bond acceptors (Lipinski definition) is 4. The Kier molecular flexibility index (Phi) is 4.85. The fourth-order valence-corrected chi connectivity index (χ4v) is 2.25. The molecule has 118 valence electrons. The minimum atomic E-state index is -0.366. The van der Waals surface area contributed by atoms with Crippen LogP contribution in [0.15, 0.2) is 22.6 Å². The molecule has 0 aliphatic heterocycles. The third kappa shape index (κ3) is 3.30. The first-order valence-corrected chi connectivity index (χ1v) is 7.49. The van der Waals surface area contributed by atoms with Crippen LogP contribution in [0.2, 0.25) is 0 Å². The molecular formula is C17H21O5+. The summed E-state index contributed by atoms with van der Waals surface area (Å²) < 4.78 is 10.5. The predicted molar refractivity (Wildman–Crippen MR) is 82.0 cm³/mol. The SMILES string of the molecule is CCCc1cc(=[OH+])oc2cc(OC(=O)C(C)CC)cc(O)c12.